The molecule has 148 valence electrons. The molecule has 2 aromatic carbocycles. The van der Waals surface area contributed by atoms with Crippen molar-refractivity contribution in [1.82, 2.24) is 4.98 Å². The molecule has 4 rings (SSSR count). The maximum Gasteiger partial charge on any atom is 0.387 e. The average Bonchev–Trinajstić information content (AvgIpc) is 2.67. The summed E-state index contributed by atoms with van der Waals surface area (Å²) < 4.78 is 30.2. The molecule has 1 aliphatic rings. The highest BCUT2D eigenvalue weighted by Crippen LogP contribution is 2.39. The van der Waals surface area contributed by atoms with Gasteiger partial charge < -0.3 is 14.6 Å². The second-order valence-electron chi connectivity index (χ2n) is 7.22. The summed E-state index contributed by atoms with van der Waals surface area (Å²) >= 11 is 0. The number of carboxylic acid groups (broad SMARTS) is 1. The van der Waals surface area contributed by atoms with Gasteiger partial charge in [-0.15, -0.1) is 0 Å². The molecular weight excluding hydrogens is 376 g/mol. The number of para-hydroxylation sites is 2. The van der Waals surface area contributed by atoms with Gasteiger partial charge in [-0.05, 0) is 48.1 Å². The predicted octanol–water partition coefficient (Wildman–Crippen LogP) is 4.32. The summed E-state index contributed by atoms with van der Waals surface area (Å²) in [5.74, 6) is -1.01. The molecule has 0 N–H and O–H groups in total. The van der Waals surface area contributed by atoms with Crippen molar-refractivity contribution in [2.45, 2.75) is 26.4 Å². The molecule has 4 nitrogen and oxygen atoms in total. The second-order valence-corrected chi connectivity index (χ2v) is 7.22. The van der Waals surface area contributed by atoms with Crippen molar-refractivity contribution >= 4 is 28.5 Å². The highest BCUT2D eigenvalue weighted by Gasteiger charge is 2.26. The van der Waals surface area contributed by atoms with Gasteiger partial charge >= 0.3 is 6.61 Å². The Kier molecular flexibility index (Phi) is 5.01. The highest BCUT2D eigenvalue weighted by atomic mass is 19.3. The molecule has 0 saturated carbocycles. The van der Waals surface area contributed by atoms with Gasteiger partial charge in [0, 0.05) is 16.5 Å². The van der Waals surface area contributed by atoms with E-state index < -0.39 is 12.6 Å². The maximum absolute atomic E-state index is 12.8. The van der Waals surface area contributed by atoms with Crippen molar-refractivity contribution in [2.75, 3.05) is 0 Å². The summed E-state index contributed by atoms with van der Waals surface area (Å²) in [7, 11) is 0. The molecule has 3 aromatic rings. The number of alkyl halides is 2. The molecular formula is C23H18F2NO3-. The second kappa shape index (κ2) is 7.62. The Morgan fingerprint density at radius 1 is 1.17 bits per heavy atom. The van der Waals surface area contributed by atoms with Crippen molar-refractivity contribution in [1.29, 1.82) is 0 Å². The number of hydrogen-bond acceptors (Lipinski definition) is 4. The van der Waals surface area contributed by atoms with Gasteiger partial charge in [-0.1, -0.05) is 43.3 Å². The van der Waals surface area contributed by atoms with E-state index in [1.54, 1.807) is 48.5 Å². The van der Waals surface area contributed by atoms with E-state index in [0.717, 1.165) is 5.57 Å². The minimum Gasteiger partial charge on any atom is -0.545 e. The van der Waals surface area contributed by atoms with E-state index >= 15 is 0 Å². The summed E-state index contributed by atoms with van der Waals surface area (Å²) in [4.78, 5) is 16.7. The third-order valence-electron chi connectivity index (χ3n) is 5.09. The molecule has 1 aliphatic carbocycles. The number of rotatable bonds is 4. The van der Waals surface area contributed by atoms with Crippen LogP contribution >= 0.6 is 0 Å². The van der Waals surface area contributed by atoms with Gasteiger partial charge in [-0.3, -0.25) is 0 Å². The fraction of sp³-hybridized carbons (Fsp3) is 0.217. The number of carboxylic acids is 1. The predicted molar refractivity (Wildman–Crippen MR) is 105 cm³/mol. The highest BCUT2D eigenvalue weighted by molar-refractivity contribution is 6.05. The Morgan fingerprint density at radius 3 is 2.66 bits per heavy atom. The van der Waals surface area contributed by atoms with Crippen molar-refractivity contribution in [3.63, 3.8) is 0 Å². The number of benzene rings is 2. The van der Waals surface area contributed by atoms with E-state index in [-0.39, 0.29) is 17.2 Å². The van der Waals surface area contributed by atoms with E-state index in [4.69, 9.17) is 4.98 Å². The van der Waals surface area contributed by atoms with Crippen molar-refractivity contribution in [2.24, 2.45) is 5.92 Å². The molecule has 0 amide bonds. The number of carbonyl (C=O) groups is 1. The zero-order valence-corrected chi connectivity index (χ0v) is 15.7. The minimum absolute atomic E-state index is 0.0655. The number of hydrogen-bond donors (Lipinski definition) is 0. The Morgan fingerprint density at radius 2 is 1.90 bits per heavy atom. The summed E-state index contributed by atoms with van der Waals surface area (Å²) in [5, 5.41) is 12.5. The Hall–Kier alpha value is -3.28. The quantitative estimate of drug-likeness (QED) is 0.661. The topological polar surface area (TPSA) is 62.2 Å². The van der Waals surface area contributed by atoms with E-state index in [2.05, 4.69) is 4.74 Å². The fourth-order valence-corrected chi connectivity index (χ4v) is 3.96. The standard InChI is InChI=1S/C23H19F2NO3/c1-13-10-15(12-14-6-2-5-9-19(14)29-23(24)25)21-17(11-13)20(22(27)28)16-7-3-4-8-18(16)26-21/h2-9,12-13,23H,10-11H2,1H3,(H,27,28)/p-1/b15-12+/t13-/m1/s1. The summed E-state index contributed by atoms with van der Waals surface area (Å²) in [5.41, 5.74) is 3.20. The lowest BCUT2D eigenvalue weighted by Gasteiger charge is -2.27. The molecule has 1 heterocycles. The number of pyridine rings is 1. The van der Waals surface area contributed by atoms with Gasteiger partial charge in [0.05, 0.1) is 17.2 Å². The van der Waals surface area contributed by atoms with Gasteiger partial charge in [-0.25, -0.2) is 4.98 Å². The molecule has 0 saturated heterocycles. The lowest BCUT2D eigenvalue weighted by Crippen LogP contribution is -2.27. The monoisotopic (exact) mass is 394 g/mol. The van der Waals surface area contributed by atoms with Crippen LogP contribution in [0.3, 0.4) is 0 Å². The van der Waals surface area contributed by atoms with Crippen LogP contribution in [0.5, 0.6) is 5.75 Å². The largest absolute Gasteiger partial charge is 0.545 e. The number of nitrogens with zero attached hydrogens (tertiary/aromatic N) is 1. The average molecular weight is 394 g/mol. The SMILES string of the molecule is C[C@@H]1C/C(=C\c2ccccc2OC(F)F)c2nc3ccccc3c(C(=O)[O-])c2C1. The number of fused-ring (bicyclic) bond motifs is 2. The maximum atomic E-state index is 12.8. The van der Waals surface area contributed by atoms with Crippen LogP contribution in [0.25, 0.3) is 22.6 Å². The van der Waals surface area contributed by atoms with Crippen LogP contribution in [0, 0.1) is 5.92 Å². The van der Waals surface area contributed by atoms with Gasteiger partial charge in [0.15, 0.2) is 0 Å². The lowest BCUT2D eigenvalue weighted by molar-refractivity contribution is -0.254. The minimum atomic E-state index is -2.93. The van der Waals surface area contributed by atoms with Crippen molar-refractivity contribution < 1.29 is 23.4 Å². The van der Waals surface area contributed by atoms with Crippen LogP contribution in [-0.2, 0) is 6.42 Å². The van der Waals surface area contributed by atoms with Gasteiger partial charge in [0.2, 0.25) is 0 Å². The van der Waals surface area contributed by atoms with Crippen LogP contribution in [0.1, 0.15) is 40.5 Å². The number of carbonyl (C=O) groups excluding carboxylic acids is 1. The number of allylic oxidation sites excluding steroid dienone is 1. The van der Waals surface area contributed by atoms with Crippen molar-refractivity contribution in [3.8, 4) is 5.75 Å². The van der Waals surface area contributed by atoms with Crippen LogP contribution in [0.2, 0.25) is 0 Å². The number of aromatic nitrogens is 1. The van der Waals surface area contributed by atoms with E-state index in [9.17, 15) is 18.7 Å². The summed E-state index contributed by atoms with van der Waals surface area (Å²) in [6, 6.07) is 13.6. The molecule has 0 bridgehead atoms. The first kappa shape index (κ1) is 19.1. The molecule has 1 aromatic heterocycles. The van der Waals surface area contributed by atoms with E-state index in [1.807, 2.05) is 6.92 Å². The molecule has 0 spiro atoms. The Bertz CT molecular complexity index is 1120. The fourth-order valence-electron chi connectivity index (χ4n) is 3.96. The molecule has 0 aliphatic heterocycles. The molecule has 6 heteroatoms. The van der Waals surface area contributed by atoms with E-state index in [1.165, 1.54) is 6.07 Å². The first-order chi connectivity index (χ1) is 13.9. The van der Waals surface area contributed by atoms with Crippen LogP contribution in [0.15, 0.2) is 48.5 Å². The van der Waals surface area contributed by atoms with E-state index in [0.29, 0.717) is 40.6 Å². The third-order valence-corrected chi connectivity index (χ3v) is 5.09. The number of halogens is 2. The zero-order valence-electron chi connectivity index (χ0n) is 15.7. The lowest BCUT2D eigenvalue weighted by atomic mass is 9.80. The molecule has 1 atom stereocenters. The van der Waals surface area contributed by atoms with Crippen LogP contribution < -0.4 is 9.84 Å². The first-order valence-electron chi connectivity index (χ1n) is 9.31. The van der Waals surface area contributed by atoms with Gasteiger partial charge in [0.25, 0.3) is 0 Å². The smallest absolute Gasteiger partial charge is 0.387 e. The Labute approximate surface area is 166 Å². The zero-order chi connectivity index (χ0) is 20.5. The molecule has 29 heavy (non-hydrogen) atoms. The van der Waals surface area contributed by atoms with Crippen LogP contribution in [0.4, 0.5) is 8.78 Å². The molecule has 0 fully saturated rings. The Balaban J connectivity index is 1.94. The number of ether oxygens (including phenoxy) is 1. The van der Waals surface area contributed by atoms with Crippen molar-refractivity contribution in [3.05, 3.63) is 70.9 Å². The first-order valence-corrected chi connectivity index (χ1v) is 9.31. The normalized spacial score (nSPS) is 17.5. The van der Waals surface area contributed by atoms with Crippen LogP contribution in [-0.4, -0.2) is 17.6 Å². The third kappa shape index (κ3) is 3.70. The summed E-state index contributed by atoms with van der Waals surface area (Å²) in [6.07, 6.45) is 2.96. The molecule has 0 unspecified atom stereocenters. The summed E-state index contributed by atoms with van der Waals surface area (Å²) in [6.45, 7) is -0.911. The molecule has 0 radical (unpaired) electrons. The van der Waals surface area contributed by atoms with Gasteiger partial charge in [0.1, 0.15) is 5.75 Å². The number of aromatic carboxylic acids is 1. The van der Waals surface area contributed by atoms with Gasteiger partial charge in [-0.2, -0.15) is 8.78 Å².